The van der Waals surface area contributed by atoms with Gasteiger partial charge in [-0.25, -0.2) is 9.69 Å². The van der Waals surface area contributed by atoms with E-state index < -0.39 is 5.54 Å². The van der Waals surface area contributed by atoms with Crippen molar-refractivity contribution in [3.63, 3.8) is 0 Å². The van der Waals surface area contributed by atoms with Crippen LogP contribution in [-0.4, -0.2) is 43.2 Å². The van der Waals surface area contributed by atoms with Gasteiger partial charge in [0.15, 0.2) is 6.67 Å². The molecule has 0 spiro atoms. The van der Waals surface area contributed by atoms with Crippen molar-refractivity contribution in [2.75, 3.05) is 20.3 Å². The zero-order chi connectivity index (χ0) is 18.0. The van der Waals surface area contributed by atoms with Crippen LogP contribution >= 0.6 is 0 Å². The number of quaternary nitrogens is 1. The number of ether oxygens (including phenoxy) is 1. The molecule has 3 atom stereocenters. The summed E-state index contributed by atoms with van der Waals surface area (Å²) in [6.45, 7) is 5.42. The average Bonchev–Trinajstić information content (AvgIpc) is 2.86. The normalized spacial score (nSPS) is 29.6. The highest BCUT2D eigenvalue weighted by molar-refractivity contribution is 6.07. The van der Waals surface area contributed by atoms with Crippen LogP contribution in [0.1, 0.15) is 45.1 Å². The van der Waals surface area contributed by atoms with Crippen molar-refractivity contribution in [3.05, 3.63) is 29.8 Å². The van der Waals surface area contributed by atoms with Gasteiger partial charge in [0, 0.05) is 0 Å². The first-order valence-electron chi connectivity index (χ1n) is 9.12. The summed E-state index contributed by atoms with van der Waals surface area (Å²) >= 11 is 0. The minimum absolute atomic E-state index is 0.182. The summed E-state index contributed by atoms with van der Waals surface area (Å²) in [4.78, 5) is 28.4. The Kier molecular flexibility index (Phi) is 4.99. The third-order valence-corrected chi connectivity index (χ3v) is 5.65. The summed E-state index contributed by atoms with van der Waals surface area (Å²) in [7, 11) is 1.59. The summed E-state index contributed by atoms with van der Waals surface area (Å²) in [6, 6.07) is 7.55. The lowest BCUT2D eigenvalue weighted by Gasteiger charge is -2.34. The van der Waals surface area contributed by atoms with Gasteiger partial charge in [0.2, 0.25) is 0 Å². The fourth-order valence-corrected chi connectivity index (χ4v) is 4.03. The second-order valence-corrected chi connectivity index (χ2v) is 7.19. The second kappa shape index (κ2) is 7.04. The molecule has 2 fully saturated rings. The molecule has 1 aromatic rings. The van der Waals surface area contributed by atoms with Crippen LogP contribution in [0, 0.1) is 0 Å². The SMILES string of the molecule is CC[C@H]1CCCC[NH+]1CN1C(=O)N[C@](C)(c2cccc(OC)c2)C1=O. The van der Waals surface area contributed by atoms with Gasteiger partial charge in [-0.3, -0.25) is 4.79 Å². The maximum Gasteiger partial charge on any atom is 0.329 e. The van der Waals surface area contributed by atoms with Crippen LogP contribution in [0.2, 0.25) is 0 Å². The van der Waals surface area contributed by atoms with Gasteiger partial charge in [0.1, 0.15) is 11.3 Å². The number of carbonyl (C=O) groups is 2. The Bertz CT molecular complexity index is 663. The molecule has 0 radical (unpaired) electrons. The largest absolute Gasteiger partial charge is 0.497 e. The number of hydrogen-bond acceptors (Lipinski definition) is 3. The highest BCUT2D eigenvalue weighted by atomic mass is 16.5. The van der Waals surface area contributed by atoms with Crippen molar-refractivity contribution in [1.29, 1.82) is 0 Å². The van der Waals surface area contributed by atoms with Gasteiger partial charge in [-0.1, -0.05) is 19.1 Å². The lowest BCUT2D eigenvalue weighted by Crippen LogP contribution is -3.18. The lowest BCUT2D eigenvalue weighted by molar-refractivity contribution is -0.937. The topological polar surface area (TPSA) is 63.1 Å². The molecule has 2 heterocycles. The van der Waals surface area contributed by atoms with Crippen molar-refractivity contribution < 1.29 is 19.2 Å². The van der Waals surface area contributed by atoms with Gasteiger partial charge < -0.3 is 15.0 Å². The molecule has 6 nitrogen and oxygen atoms in total. The summed E-state index contributed by atoms with van der Waals surface area (Å²) in [5, 5.41) is 2.89. The molecule has 2 N–H and O–H groups in total. The van der Waals surface area contributed by atoms with Gasteiger partial charge in [-0.15, -0.1) is 0 Å². The van der Waals surface area contributed by atoms with Gasteiger partial charge in [0.25, 0.3) is 5.91 Å². The van der Waals surface area contributed by atoms with E-state index in [2.05, 4.69) is 12.2 Å². The molecule has 6 heteroatoms. The van der Waals surface area contributed by atoms with Crippen LogP contribution in [-0.2, 0) is 10.3 Å². The highest BCUT2D eigenvalue weighted by Crippen LogP contribution is 2.30. The third kappa shape index (κ3) is 3.23. The number of piperidine rings is 1. The number of urea groups is 1. The standard InChI is InChI=1S/C19H27N3O3/c1-4-15-9-5-6-11-21(15)13-22-17(23)19(2,20-18(22)24)14-8-7-10-16(12-14)25-3/h7-8,10,12,15H,4-6,9,11,13H2,1-3H3,(H,20,24)/p+1/t15-,19+/m0/s1. The van der Waals surface area contributed by atoms with Crippen LogP contribution in [0.15, 0.2) is 24.3 Å². The number of nitrogens with one attached hydrogen (secondary N) is 2. The lowest BCUT2D eigenvalue weighted by atomic mass is 9.92. The molecule has 2 aliphatic rings. The van der Waals surface area contributed by atoms with E-state index in [9.17, 15) is 9.59 Å². The predicted octanol–water partition coefficient (Wildman–Crippen LogP) is 1.27. The molecule has 3 amide bonds. The Morgan fingerprint density at radius 2 is 2.16 bits per heavy atom. The molecule has 0 aliphatic carbocycles. The fraction of sp³-hybridized carbons (Fsp3) is 0.579. The number of benzene rings is 1. The number of methoxy groups -OCH3 is 1. The Labute approximate surface area is 149 Å². The number of carbonyl (C=O) groups excluding carboxylic acids is 2. The molecular formula is C19H28N3O3+. The monoisotopic (exact) mass is 346 g/mol. The summed E-state index contributed by atoms with van der Waals surface area (Å²) in [6.07, 6.45) is 4.64. The molecule has 25 heavy (non-hydrogen) atoms. The van der Waals surface area contributed by atoms with E-state index in [1.807, 2.05) is 24.3 Å². The van der Waals surface area contributed by atoms with Gasteiger partial charge >= 0.3 is 6.03 Å². The predicted molar refractivity (Wildman–Crippen MR) is 94.4 cm³/mol. The van der Waals surface area contributed by atoms with E-state index in [1.165, 1.54) is 22.6 Å². The molecule has 1 aromatic carbocycles. The van der Waals surface area contributed by atoms with E-state index in [4.69, 9.17) is 4.74 Å². The quantitative estimate of drug-likeness (QED) is 0.789. The van der Waals surface area contributed by atoms with Crippen LogP contribution in [0.25, 0.3) is 0 Å². The fourth-order valence-electron chi connectivity index (χ4n) is 4.03. The molecule has 0 bridgehead atoms. The maximum absolute atomic E-state index is 13.1. The van der Waals surface area contributed by atoms with Crippen molar-refractivity contribution in [1.82, 2.24) is 10.2 Å². The van der Waals surface area contributed by atoms with Crippen molar-refractivity contribution in [2.24, 2.45) is 0 Å². The smallest absolute Gasteiger partial charge is 0.329 e. The third-order valence-electron chi connectivity index (χ3n) is 5.65. The Balaban J connectivity index is 1.81. The minimum atomic E-state index is -1.04. The summed E-state index contributed by atoms with van der Waals surface area (Å²) in [5.41, 5.74) is -0.295. The van der Waals surface area contributed by atoms with E-state index in [1.54, 1.807) is 14.0 Å². The first-order chi connectivity index (χ1) is 12.0. The van der Waals surface area contributed by atoms with E-state index in [0.717, 1.165) is 24.9 Å². The molecule has 2 saturated heterocycles. The maximum atomic E-state index is 13.1. The Morgan fingerprint density at radius 3 is 2.88 bits per heavy atom. The number of amides is 3. The summed E-state index contributed by atoms with van der Waals surface area (Å²) in [5.74, 6) is 0.491. The molecule has 0 saturated carbocycles. The zero-order valence-electron chi connectivity index (χ0n) is 15.3. The first-order valence-corrected chi connectivity index (χ1v) is 9.12. The minimum Gasteiger partial charge on any atom is -0.497 e. The van der Waals surface area contributed by atoms with E-state index >= 15 is 0 Å². The van der Waals surface area contributed by atoms with Crippen LogP contribution in [0.4, 0.5) is 4.79 Å². The van der Waals surface area contributed by atoms with Crippen LogP contribution in [0.3, 0.4) is 0 Å². The molecule has 1 unspecified atom stereocenters. The van der Waals surface area contributed by atoms with Crippen molar-refractivity contribution in [3.8, 4) is 5.75 Å². The number of rotatable bonds is 5. The van der Waals surface area contributed by atoms with Gasteiger partial charge in [-0.05, 0) is 50.3 Å². The zero-order valence-corrected chi connectivity index (χ0v) is 15.3. The van der Waals surface area contributed by atoms with E-state index in [0.29, 0.717) is 18.5 Å². The molecule has 2 aliphatic heterocycles. The molecular weight excluding hydrogens is 318 g/mol. The second-order valence-electron chi connectivity index (χ2n) is 7.19. The highest BCUT2D eigenvalue weighted by Gasteiger charge is 2.50. The molecule has 0 aromatic heterocycles. The summed E-state index contributed by atoms with van der Waals surface area (Å²) < 4.78 is 5.26. The number of hydrogen-bond donors (Lipinski definition) is 2. The number of likely N-dealkylation sites (tertiary alicyclic amines) is 1. The molecule has 3 rings (SSSR count). The average molecular weight is 346 g/mol. The molecule has 136 valence electrons. The van der Waals surface area contributed by atoms with Crippen LogP contribution < -0.4 is 15.0 Å². The van der Waals surface area contributed by atoms with Crippen molar-refractivity contribution >= 4 is 11.9 Å². The van der Waals surface area contributed by atoms with Crippen LogP contribution in [0.5, 0.6) is 5.75 Å². The van der Waals surface area contributed by atoms with E-state index in [-0.39, 0.29) is 11.9 Å². The van der Waals surface area contributed by atoms with Gasteiger partial charge in [0.05, 0.1) is 19.7 Å². The first kappa shape index (κ1) is 17.7. The Morgan fingerprint density at radius 1 is 1.36 bits per heavy atom. The number of nitrogens with zero attached hydrogens (tertiary/aromatic N) is 1. The number of imide groups is 1. The van der Waals surface area contributed by atoms with Gasteiger partial charge in [-0.2, -0.15) is 0 Å². The van der Waals surface area contributed by atoms with Crippen molar-refractivity contribution in [2.45, 2.75) is 51.1 Å². The Hall–Kier alpha value is -2.08.